The summed E-state index contributed by atoms with van der Waals surface area (Å²) >= 11 is 3.39. The summed E-state index contributed by atoms with van der Waals surface area (Å²) in [4.78, 5) is 4.42. The van der Waals surface area contributed by atoms with Crippen LogP contribution in [0.5, 0.6) is 0 Å². The summed E-state index contributed by atoms with van der Waals surface area (Å²) in [6.07, 6.45) is 0. The van der Waals surface area contributed by atoms with Crippen LogP contribution in [0.3, 0.4) is 0 Å². The van der Waals surface area contributed by atoms with Crippen LogP contribution < -0.4 is 5.32 Å². The highest BCUT2D eigenvalue weighted by atomic mass is 79.9. The number of hydrogen-bond acceptors (Lipinski definition) is 2. The molecule has 94 valence electrons. The third-order valence-electron chi connectivity index (χ3n) is 4.75. The summed E-state index contributed by atoms with van der Waals surface area (Å²) in [6.45, 7) is 11.4. The molecule has 0 radical (unpaired) electrons. The number of nitrogens with zero attached hydrogens (tertiary/aromatic N) is 1. The molecule has 1 aliphatic carbocycles. The van der Waals surface area contributed by atoms with Crippen molar-refractivity contribution in [2.75, 3.05) is 6.54 Å². The second-order valence-corrected chi connectivity index (χ2v) is 6.89. The Morgan fingerprint density at radius 2 is 1.88 bits per heavy atom. The standard InChI is InChI=1S/C14H21BrN2/c1-13(2)11(14(13,3)4)9-16-8-10-6-5-7-12(15)17-10/h5-7,11,16H,8-9H2,1-4H3. The zero-order valence-electron chi connectivity index (χ0n) is 11.0. The minimum Gasteiger partial charge on any atom is -0.311 e. The molecule has 1 aliphatic rings. The summed E-state index contributed by atoms with van der Waals surface area (Å²) in [5, 5.41) is 3.52. The van der Waals surface area contributed by atoms with Gasteiger partial charge in [-0.25, -0.2) is 4.98 Å². The van der Waals surface area contributed by atoms with Gasteiger partial charge in [0, 0.05) is 6.54 Å². The first-order valence-electron chi connectivity index (χ1n) is 6.18. The number of halogens is 1. The van der Waals surface area contributed by atoms with E-state index in [0.29, 0.717) is 10.8 Å². The summed E-state index contributed by atoms with van der Waals surface area (Å²) in [6, 6.07) is 6.04. The zero-order valence-corrected chi connectivity index (χ0v) is 12.6. The van der Waals surface area contributed by atoms with E-state index in [2.05, 4.69) is 60.0 Å². The number of aromatic nitrogens is 1. The van der Waals surface area contributed by atoms with Crippen LogP contribution in [-0.4, -0.2) is 11.5 Å². The van der Waals surface area contributed by atoms with Crippen molar-refractivity contribution in [3.8, 4) is 0 Å². The van der Waals surface area contributed by atoms with E-state index in [1.54, 1.807) is 0 Å². The van der Waals surface area contributed by atoms with E-state index in [4.69, 9.17) is 0 Å². The van der Waals surface area contributed by atoms with Crippen molar-refractivity contribution in [1.29, 1.82) is 0 Å². The molecule has 1 aromatic heterocycles. The van der Waals surface area contributed by atoms with Crippen LogP contribution in [0.15, 0.2) is 22.8 Å². The van der Waals surface area contributed by atoms with Crippen molar-refractivity contribution in [2.24, 2.45) is 16.7 Å². The predicted molar refractivity (Wildman–Crippen MR) is 74.7 cm³/mol. The molecular formula is C14H21BrN2. The summed E-state index contributed by atoms with van der Waals surface area (Å²) in [5.74, 6) is 0.766. The molecule has 0 bridgehead atoms. The van der Waals surface area contributed by atoms with Gasteiger partial charge in [0.15, 0.2) is 0 Å². The maximum absolute atomic E-state index is 4.42. The predicted octanol–water partition coefficient (Wildman–Crippen LogP) is 3.62. The first-order valence-corrected chi connectivity index (χ1v) is 6.97. The summed E-state index contributed by atoms with van der Waals surface area (Å²) in [5.41, 5.74) is 2.02. The van der Waals surface area contributed by atoms with Gasteiger partial charge in [0.2, 0.25) is 0 Å². The van der Waals surface area contributed by atoms with Crippen LogP contribution in [0, 0.1) is 16.7 Å². The number of hydrogen-bond donors (Lipinski definition) is 1. The Balaban J connectivity index is 1.82. The quantitative estimate of drug-likeness (QED) is 0.859. The molecule has 0 aromatic carbocycles. The highest BCUT2D eigenvalue weighted by molar-refractivity contribution is 9.10. The second-order valence-electron chi connectivity index (χ2n) is 6.08. The lowest BCUT2D eigenvalue weighted by Crippen LogP contribution is -2.19. The Hall–Kier alpha value is -0.410. The molecule has 0 amide bonds. The lowest BCUT2D eigenvalue weighted by Gasteiger charge is -2.06. The molecular weight excluding hydrogens is 276 g/mol. The van der Waals surface area contributed by atoms with E-state index in [0.717, 1.165) is 29.3 Å². The average molecular weight is 297 g/mol. The maximum atomic E-state index is 4.42. The second kappa shape index (κ2) is 4.36. The van der Waals surface area contributed by atoms with Crippen LogP contribution in [-0.2, 0) is 6.54 Å². The fraction of sp³-hybridized carbons (Fsp3) is 0.643. The Kier molecular flexibility index (Phi) is 3.34. The van der Waals surface area contributed by atoms with Crippen molar-refractivity contribution in [1.82, 2.24) is 10.3 Å². The molecule has 1 aromatic rings. The topological polar surface area (TPSA) is 24.9 Å². The highest BCUT2D eigenvalue weighted by Crippen LogP contribution is 2.67. The SMILES string of the molecule is CC1(C)C(CNCc2cccc(Br)n2)C1(C)C. The van der Waals surface area contributed by atoms with E-state index >= 15 is 0 Å². The first kappa shape index (κ1) is 13.0. The maximum Gasteiger partial charge on any atom is 0.106 e. The smallest absolute Gasteiger partial charge is 0.106 e. The normalized spacial score (nSPS) is 21.5. The van der Waals surface area contributed by atoms with Gasteiger partial charge in [-0.1, -0.05) is 33.8 Å². The Bertz CT molecular complexity index is 398. The van der Waals surface area contributed by atoms with Gasteiger partial charge in [-0.15, -0.1) is 0 Å². The molecule has 1 fully saturated rings. The van der Waals surface area contributed by atoms with Crippen molar-refractivity contribution in [3.63, 3.8) is 0 Å². The van der Waals surface area contributed by atoms with E-state index in [1.807, 2.05) is 12.1 Å². The molecule has 1 saturated carbocycles. The van der Waals surface area contributed by atoms with Crippen LogP contribution in [0.2, 0.25) is 0 Å². The Labute approximate surface area is 112 Å². The molecule has 1 heterocycles. The lowest BCUT2D eigenvalue weighted by molar-refractivity contribution is 0.457. The largest absolute Gasteiger partial charge is 0.311 e. The van der Waals surface area contributed by atoms with Gasteiger partial charge < -0.3 is 5.32 Å². The molecule has 1 N–H and O–H groups in total. The highest BCUT2D eigenvalue weighted by Gasteiger charge is 2.63. The van der Waals surface area contributed by atoms with Crippen LogP contribution in [0.25, 0.3) is 0 Å². The average Bonchev–Trinajstić information content (AvgIpc) is 2.60. The fourth-order valence-corrected chi connectivity index (χ4v) is 3.12. The molecule has 17 heavy (non-hydrogen) atoms. The van der Waals surface area contributed by atoms with Gasteiger partial charge in [-0.2, -0.15) is 0 Å². The summed E-state index contributed by atoms with van der Waals surface area (Å²) < 4.78 is 0.906. The van der Waals surface area contributed by atoms with E-state index in [-0.39, 0.29) is 0 Å². The van der Waals surface area contributed by atoms with Gasteiger partial charge in [-0.05, 0) is 51.4 Å². The van der Waals surface area contributed by atoms with Crippen molar-refractivity contribution in [3.05, 3.63) is 28.5 Å². The first-order chi connectivity index (χ1) is 7.85. The van der Waals surface area contributed by atoms with E-state index in [9.17, 15) is 0 Å². The minimum atomic E-state index is 0.463. The zero-order chi connectivity index (χ0) is 12.7. The van der Waals surface area contributed by atoms with Crippen molar-refractivity contribution >= 4 is 15.9 Å². The molecule has 0 saturated heterocycles. The van der Waals surface area contributed by atoms with Gasteiger partial charge in [0.25, 0.3) is 0 Å². The van der Waals surface area contributed by atoms with Crippen molar-refractivity contribution in [2.45, 2.75) is 34.2 Å². The third kappa shape index (κ3) is 2.41. The Morgan fingerprint density at radius 1 is 1.24 bits per heavy atom. The van der Waals surface area contributed by atoms with Crippen LogP contribution in [0.1, 0.15) is 33.4 Å². The lowest BCUT2D eigenvalue weighted by atomic mass is 10.0. The monoisotopic (exact) mass is 296 g/mol. The molecule has 2 nitrogen and oxygen atoms in total. The van der Waals surface area contributed by atoms with Gasteiger partial charge in [-0.3, -0.25) is 0 Å². The number of nitrogens with one attached hydrogen (secondary N) is 1. The molecule has 0 atom stereocenters. The summed E-state index contributed by atoms with van der Waals surface area (Å²) in [7, 11) is 0. The van der Waals surface area contributed by atoms with Crippen molar-refractivity contribution < 1.29 is 0 Å². The number of rotatable bonds is 4. The van der Waals surface area contributed by atoms with E-state index < -0.39 is 0 Å². The molecule has 0 spiro atoms. The molecule has 0 unspecified atom stereocenters. The van der Waals surface area contributed by atoms with Gasteiger partial charge in [0.1, 0.15) is 4.60 Å². The molecule has 0 aliphatic heterocycles. The minimum absolute atomic E-state index is 0.463. The van der Waals surface area contributed by atoms with Gasteiger partial charge >= 0.3 is 0 Å². The van der Waals surface area contributed by atoms with E-state index in [1.165, 1.54) is 0 Å². The van der Waals surface area contributed by atoms with Crippen LogP contribution in [0.4, 0.5) is 0 Å². The number of pyridine rings is 1. The third-order valence-corrected chi connectivity index (χ3v) is 5.19. The van der Waals surface area contributed by atoms with Crippen LogP contribution >= 0.6 is 15.9 Å². The molecule has 2 rings (SSSR count). The molecule has 3 heteroatoms. The van der Waals surface area contributed by atoms with Gasteiger partial charge in [0.05, 0.1) is 5.69 Å². The fourth-order valence-electron chi connectivity index (χ4n) is 2.74. The Morgan fingerprint density at radius 3 is 2.41 bits per heavy atom.